The molecule has 6 nitrogen and oxygen atoms in total. The zero-order valence-electron chi connectivity index (χ0n) is 14.3. The molecule has 0 aromatic carbocycles. The van der Waals surface area contributed by atoms with Gasteiger partial charge in [0.25, 0.3) is 0 Å². The smallest absolute Gasteiger partial charge is 0.205 e. The second-order valence-electron chi connectivity index (χ2n) is 6.19. The van der Waals surface area contributed by atoms with Crippen LogP contribution >= 0.6 is 23.8 Å². The van der Waals surface area contributed by atoms with Gasteiger partial charge in [0.2, 0.25) is 5.13 Å². The van der Waals surface area contributed by atoms with Gasteiger partial charge in [0.05, 0.1) is 11.9 Å². The lowest BCUT2D eigenvalue weighted by Gasteiger charge is -2.35. The molecule has 0 saturated carbocycles. The largest absolute Gasteiger partial charge is 0.345 e. The van der Waals surface area contributed by atoms with Crippen LogP contribution in [-0.2, 0) is 0 Å². The molecule has 2 aromatic heterocycles. The molecule has 0 atom stereocenters. The van der Waals surface area contributed by atoms with Crippen molar-refractivity contribution in [3.05, 3.63) is 48.6 Å². The van der Waals surface area contributed by atoms with Gasteiger partial charge < -0.3 is 15.1 Å². The summed E-state index contributed by atoms with van der Waals surface area (Å²) in [6.45, 7) is 3.50. The molecule has 1 fully saturated rings. The first kappa shape index (κ1) is 17.1. The Balaban J connectivity index is 1.33. The summed E-state index contributed by atoms with van der Waals surface area (Å²) in [6, 6.07) is 3.86. The van der Waals surface area contributed by atoms with Gasteiger partial charge in [0.15, 0.2) is 10.9 Å². The van der Waals surface area contributed by atoms with Crippen molar-refractivity contribution >= 4 is 45.3 Å². The maximum Gasteiger partial charge on any atom is 0.205 e. The summed E-state index contributed by atoms with van der Waals surface area (Å²) >= 11 is 7.01. The second-order valence-corrected chi connectivity index (χ2v) is 7.30. The average molecular weight is 385 g/mol. The molecule has 1 N–H and O–H groups in total. The number of nitrogens with zero attached hydrogens (tertiary/aromatic N) is 5. The van der Waals surface area contributed by atoms with Gasteiger partial charge in [-0.15, -0.1) is 0 Å². The zero-order valence-corrected chi connectivity index (χ0v) is 16.0. The number of hydrogen-bond acceptors (Lipinski definition) is 6. The fraction of sp³-hybridized carbons (Fsp3) is 0.333. The third kappa shape index (κ3) is 3.91. The topological polar surface area (TPSA) is 57.2 Å². The van der Waals surface area contributed by atoms with Crippen LogP contribution in [0.15, 0.2) is 42.8 Å². The van der Waals surface area contributed by atoms with Crippen molar-refractivity contribution in [2.24, 2.45) is 0 Å². The van der Waals surface area contributed by atoms with E-state index in [2.05, 4.69) is 42.7 Å². The lowest BCUT2D eigenvalue weighted by molar-refractivity contribution is 0.390. The highest BCUT2D eigenvalue weighted by molar-refractivity contribution is 7.80. The van der Waals surface area contributed by atoms with E-state index in [9.17, 15) is 0 Å². The monoisotopic (exact) mass is 384 g/mol. The third-order valence-electron chi connectivity index (χ3n) is 4.42. The molecule has 3 heterocycles. The third-order valence-corrected chi connectivity index (χ3v) is 5.56. The molecule has 0 unspecified atom stereocenters. The van der Waals surface area contributed by atoms with Crippen molar-refractivity contribution in [3.8, 4) is 0 Å². The maximum atomic E-state index is 5.53. The zero-order chi connectivity index (χ0) is 17.8. The van der Waals surface area contributed by atoms with E-state index < -0.39 is 0 Å². The van der Waals surface area contributed by atoms with E-state index >= 15 is 0 Å². The van der Waals surface area contributed by atoms with E-state index in [4.69, 9.17) is 17.2 Å². The Labute approximate surface area is 162 Å². The molecule has 1 saturated heterocycles. The first-order valence-corrected chi connectivity index (χ1v) is 9.89. The SMILES string of the molecule is S=C(Nc1cccnc1)N1CCN(c2nc(C3=CCCC=C3)ns2)CC1. The number of thiocarbonyl (C=S) groups is 1. The van der Waals surface area contributed by atoms with Crippen LogP contribution in [0.2, 0.25) is 0 Å². The predicted molar refractivity (Wildman–Crippen MR) is 111 cm³/mol. The van der Waals surface area contributed by atoms with Gasteiger partial charge in [-0.1, -0.05) is 18.2 Å². The highest BCUT2D eigenvalue weighted by Crippen LogP contribution is 2.25. The Morgan fingerprint density at radius 2 is 2.08 bits per heavy atom. The number of pyridine rings is 1. The molecular weight excluding hydrogens is 364 g/mol. The van der Waals surface area contributed by atoms with Crippen LogP contribution in [0.5, 0.6) is 0 Å². The average Bonchev–Trinajstić information content (AvgIpc) is 3.20. The van der Waals surface area contributed by atoms with Crippen molar-refractivity contribution < 1.29 is 0 Å². The molecule has 8 heteroatoms. The number of piperazine rings is 1. The molecule has 2 aliphatic rings. The van der Waals surface area contributed by atoms with Crippen molar-refractivity contribution in [1.29, 1.82) is 0 Å². The summed E-state index contributed by atoms with van der Waals surface area (Å²) in [4.78, 5) is 13.3. The molecule has 2 aromatic rings. The summed E-state index contributed by atoms with van der Waals surface area (Å²) < 4.78 is 4.54. The number of allylic oxidation sites excluding steroid dienone is 4. The van der Waals surface area contributed by atoms with Gasteiger partial charge in [0.1, 0.15) is 0 Å². The van der Waals surface area contributed by atoms with E-state index in [-0.39, 0.29) is 0 Å². The number of rotatable bonds is 3. The standard InChI is InChI=1S/C18H20N6S2/c25-17(20-15-7-4-8-19-13-15)23-9-11-24(12-10-23)18-21-16(22-26-18)14-5-2-1-3-6-14/h2,4-8,13H,1,3,9-12H2,(H,20,25). The van der Waals surface area contributed by atoms with Gasteiger partial charge >= 0.3 is 0 Å². The van der Waals surface area contributed by atoms with Crippen molar-refractivity contribution in [2.45, 2.75) is 12.8 Å². The van der Waals surface area contributed by atoms with Crippen molar-refractivity contribution in [1.82, 2.24) is 19.2 Å². The number of aromatic nitrogens is 3. The van der Waals surface area contributed by atoms with Crippen LogP contribution in [0.3, 0.4) is 0 Å². The first-order valence-electron chi connectivity index (χ1n) is 8.71. The highest BCUT2D eigenvalue weighted by Gasteiger charge is 2.22. The van der Waals surface area contributed by atoms with E-state index in [0.29, 0.717) is 0 Å². The van der Waals surface area contributed by atoms with Gasteiger partial charge in [-0.05, 0) is 37.2 Å². The Kier molecular flexibility index (Phi) is 5.21. The summed E-state index contributed by atoms with van der Waals surface area (Å²) in [5.74, 6) is 0.845. The molecule has 1 aliphatic heterocycles. The summed E-state index contributed by atoms with van der Waals surface area (Å²) in [5.41, 5.74) is 2.06. The van der Waals surface area contributed by atoms with E-state index in [1.54, 1.807) is 12.4 Å². The molecule has 0 spiro atoms. The number of anilines is 2. The molecule has 26 heavy (non-hydrogen) atoms. The molecule has 134 valence electrons. The van der Waals surface area contributed by atoms with Gasteiger partial charge in [-0.3, -0.25) is 4.98 Å². The summed E-state index contributed by atoms with van der Waals surface area (Å²) in [7, 11) is 0. The number of nitrogens with one attached hydrogen (secondary N) is 1. The molecule has 0 radical (unpaired) electrons. The minimum absolute atomic E-state index is 0.744. The van der Waals surface area contributed by atoms with Gasteiger partial charge in [-0.2, -0.15) is 9.36 Å². The lowest BCUT2D eigenvalue weighted by atomic mass is 10.1. The Morgan fingerprint density at radius 3 is 2.81 bits per heavy atom. The maximum absolute atomic E-state index is 5.53. The lowest BCUT2D eigenvalue weighted by Crippen LogP contribution is -2.50. The molecule has 0 bridgehead atoms. The van der Waals surface area contributed by atoms with Crippen LogP contribution in [0.25, 0.3) is 5.57 Å². The van der Waals surface area contributed by atoms with Crippen LogP contribution in [-0.4, -0.2) is 50.5 Å². The second kappa shape index (κ2) is 7.92. The van der Waals surface area contributed by atoms with E-state index in [1.807, 2.05) is 12.1 Å². The Morgan fingerprint density at radius 1 is 1.19 bits per heavy atom. The van der Waals surface area contributed by atoms with Crippen LogP contribution in [0, 0.1) is 0 Å². The van der Waals surface area contributed by atoms with Crippen LogP contribution in [0.1, 0.15) is 18.7 Å². The Bertz CT molecular complexity index is 821. The number of hydrogen-bond donors (Lipinski definition) is 1. The minimum atomic E-state index is 0.744. The normalized spacial score (nSPS) is 17.2. The van der Waals surface area contributed by atoms with Crippen molar-refractivity contribution in [2.75, 3.05) is 36.4 Å². The summed E-state index contributed by atoms with van der Waals surface area (Å²) in [5, 5.41) is 4.98. The molecule has 4 rings (SSSR count). The highest BCUT2D eigenvalue weighted by atomic mass is 32.1. The first-order chi connectivity index (χ1) is 12.8. The molecular formula is C18H20N6S2. The fourth-order valence-corrected chi connectivity index (χ4v) is 4.02. The Hall–Kier alpha value is -2.32. The molecule has 0 amide bonds. The van der Waals surface area contributed by atoms with Gasteiger partial charge in [0, 0.05) is 49.5 Å². The fourth-order valence-electron chi connectivity index (χ4n) is 2.98. The quantitative estimate of drug-likeness (QED) is 0.816. The van der Waals surface area contributed by atoms with E-state index in [1.165, 1.54) is 11.5 Å². The summed E-state index contributed by atoms with van der Waals surface area (Å²) in [6.07, 6.45) is 12.2. The molecule has 1 aliphatic carbocycles. The minimum Gasteiger partial charge on any atom is -0.345 e. The van der Waals surface area contributed by atoms with Gasteiger partial charge in [-0.25, -0.2) is 0 Å². The van der Waals surface area contributed by atoms with Crippen molar-refractivity contribution in [3.63, 3.8) is 0 Å². The van der Waals surface area contributed by atoms with E-state index in [0.717, 1.165) is 66.3 Å². The van der Waals surface area contributed by atoms with Crippen LogP contribution < -0.4 is 10.2 Å². The predicted octanol–water partition coefficient (Wildman–Crippen LogP) is 3.19. The van der Waals surface area contributed by atoms with Crippen LogP contribution in [0.4, 0.5) is 10.8 Å².